The zero-order chi connectivity index (χ0) is 39.9. The number of carbonyl (C=O) groups excluding carboxylic acids is 1. The van der Waals surface area contributed by atoms with E-state index >= 15 is 0 Å². The number of rotatable bonds is 0. The number of carbonyl (C=O) groups is 1. The minimum atomic E-state index is -1.83. The summed E-state index contributed by atoms with van der Waals surface area (Å²) in [6, 6.07) is 0. The van der Waals surface area contributed by atoms with Gasteiger partial charge in [-0.15, -0.1) is 0 Å². The number of aliphatic hydroxyl groups is 23. The van der Waals surface area contributed by atoms with Gasteiger partial charge in [-0.25, -0.2) is 0 Å². The van der Waals surface area contributed by atoms with E-state index in [1.54, 1.807) is 0 Å². The van der Waals surface area contributed by atoms with Gasteiger partial charge in [-0.2, -0.15) is 0 Å². The lowest BCUT2D eigenvalue weighted by Gasteiger charge is -2.39. The molecule has 0 spiro atoms. The Labute approximate surface area is 282 Å². The second-order valence-electron chi connectivity index (χ2n) is 11.6. The van der Waals surface area contributed by atoms with Gasteiger partial charge in [0.1, 0.15) is 140 Å². The van der Waals surface area contributed by atoms with Crippen LogP contribution in [0.25, 0.3) is 0 Å². The molecule has 23 N–H and O–H groups in total. The summed E-state index contributed by atoms with van der Waals surface area (Å²) in [5, 5.41) is 206. The molecule has 0 aromatic carbocycles. The van der Waals surface area contributed by atoms with Crippen molar-refractivity contribution in [3.63, 3.8) is 0 Å². The quantitative estimate of drug-likeness (QED) is 0.109. The average molecular weight is 749 g/mol. The standard InChI is InChI=1S/3C6H12O6.C6H10O6.C2H6/c4*7-1-2(8)4(10)6(12)5(11)3(1)9;1-2/h3*1-12H;1-5,7-11H;1-2H3/t;;;1?,2-,3?,4?,5-;/m...0./s1. The van der Waals surface area contributed by atoms with Crippen LogP contribution in [0.4, 0.5) is 0 Å². The second kappa shape index (κ2) is 20.8. The molecule has 0 bridgehead atoms. The maximum atomic E-state index is 10.8. The summed E-state index contributed by atoms with van der Waals surface area (Å²) in [4.78, 5) is 10.8. The minimum absolute atomic E-state index is 1.08. The second-order valence-corrected chi connectivity index (χ2v) is 11.6. The van der Waals surface area contributed by atoms with Crippen molar-refractivity contribution >= 4 is 5.78 Å². The van der Waals surface area contributed by atoms with Crippen LogP contribution in [0.3, 0.4) is 0 Å². The molecule has 0 aromatic heterocycles. The van der Waals surface area contributed by atoms with Gasteiger partial charge in [-0.3, -0.25) is 4.79 Å². The van der Waals surface area contributed by atoms with Gasteiger partial charge in [0.05, 0.1) is 0 Å². The Morgan fingerprint density at radius 1 is 0.220 bits per heavy atom. The molecule has 0 amide bonds. The lowest BCUT2D eigenvalue weighted by atomic mass is 9.85. The molecule has 4 fully saturated rings. The van der Waals surface area contributed by atoms with E-state index < -0.39 is 146 Å². The van der Waals surface area contributed by atoms with Crippen molar-refractivity contribution in [2.45, 2.75) is 154 Å². The van der Waals surface area contributed by atoms with Crippen LogP contribution in [0.15, 0.2) is 0 Å². The van der Waals surface area contributed by atoms with E-state index in [-0.39, 0.29) is 0 Å². The molecule has 4 aliphatic carbocycles. The molecule has 5 atom stereocenters. The number of hydrogen-bond acceptors (Lipinski definition) is 24. The molecule has 24 heteroatoms. The monoisotopic (exact) mass is 748 g/mol. The molecule has 0 saturated heterocycles. The summed E-state index contributed by atoms with van der Waals surface area (Å²) in [5.74, 6) is -1.08. The summed E-state index contributed by atoms with van der Waals surface area (Å²) < 4.78 is 0. The number of ketones is 1. The van der Waals surface area contributed by atoms with Crippen LogP contribution in [0.5, 0.6) is 0 Å². The van der Waals surface area contributed by atoms with E-state index in [0.717, 1.165) is 0 Å². The molecule has 300 valence electrons. The zero-order valence-electron chi connectivity index (χ0n) is 26.5. The van der Waals surface area contributed by atoms with Crippen molar-refractivity contribution in [3.05, 3.63) is 0 Å². The Balaban J connectivity index is 0.000000629. The van der Waals surface area contributed by atoms with E-state index in [2.05, 4.69) is 0 Å². The molecule has 0 heterocycles. The molecule has 3 unspecified atom stereocenters. The van der Waals surface area contributed by atoms with Crippen molar-refractivity contribution in [2.24, 2.45) is 0 Å². The maximum absolute atomic E-state index is 10.8. The third-order valence-electron chi connectivity index (χ3n) is 8.23. The van der Waals surface area contributed by atoms with E-state index in [1.165, 1.54) is 0 Å². The fourth-order valence-electron chi connectivity index (χ4n) is 4.72. The highest BCUT2D eigenvalue weighted by Crippen LogP contribution is 2.23. The Bertz CT molecular complexity index is 701. The Kier molecular flexibility index (Phi) is 20.3. The van der Waals surface area contributed by atoms with Gasteiger partial charge >= 0.3 is 0 Å². The highest BCUT2D eigenvalue weighted by molar-refractivity contribution is 5.89. The normalized spacial score (nSPS) is 51.9. The first-order valence-corrected chi connectivity index (χ1v) is 15.1. The van der Waals surface area contributed by atoms with Gasteiger partial charge in [-0.05, 0) is 0 Å². The number of hydrogen-bond donors (Lipinski definition) is 23. The molecule has 50 heavy (non-hydrogen) atoms. The van der Waals surface area contributed by atoms with Crippen LogP contribution in [0.1, 0.15) is 13.8 Å². The lowest BCUT2D eigenvalue weighted by Crippen LogP contribution is -2.63. The van der Waals surface area contributed by atoms with Gasteiger partial charge in [0.25, 0.3) is 0 Å². The average Bonchev–Trinajstić information content (AvgIpc) is 3.12. The van der Waals surface area contributed by atoms with E-state index in [0.29, 0.717) is 0 Å². The van der Waals surface area contributed by atoms with E-state index in [4.69, 9.17) is 117 Å². The van der Waals surface area contributed by atoms with Crippen molar-refractivity contribution in [1.29, 1.82) is 0 Å². The molecule has 4 rings (SSSR count). The third kappa shape index (κ3) is 10.9. The Morgan fingerprint density at radius 2 is 0.300 bits per heavy atom. The SMILES string of the molecule is CC.O=C1C(O)[C@@H](O)C(O)C(O)[C@@H]1O.OC1C(O)C(O)C(O)C(O)C1O.OC1C(O)C(O)C(O)C(O)C1O.OC1C(O)C(O)C(O)C(O)C1O. The van der Waals surface area contributed by atoms with Gasteiger partial charge in [0, 0.05) is 0 Å². The summed E-state index contributed by atoms with van der Waals surface area (Å²) in [6.07, 6.45) is -38.4. The highest BCUT2D eigenvalue weighted by atomic mass is 16.5. The van der Waals surface area contributed by atoms with Crippen molar-refractivity contribution in [2.75, 3.05) is 0 Å². The fraction of sp³-hybridized carbons (Fsp3) is 0.962. The van der Waals surface area contributed by atoms with Crippen LogP contribution in [0, 0.1) is 0 Å². The minimum Gasteiger partial charge on any atom is -0.387 e. The number of Topliss-reactive ketones (excluding diaryl/α,β-unsaturated/α-hetero) is 1. The topological polar surface area (TPSA) is 482 Å². The summed E-state index contributed by atoms with van der Waals surface area (Å²) in [6.45, 7) is 4.00. The largest absolute Gasteiger partial charge is 0.387 e. The van der Waals surface area contributed by atoms with Gasteiger partial charge in [0.2, 0.25) is 0 Å². The van der Waals surface area contributed by atoms with Gasteiger partial charge in [0.15, 0.2) is 5.78 Å². The smallest absolute Gasteiger partial charge is 0.195 e. The lowest BCUT2D eigenvalue weighted by molar-refractivity contribution is -0.223. The first-order chi connectivity index (χ1) is 22.9. The summed E-state index contributed by atoms with van der Waals surface area (Å²) >= 11 is 0. The predicted octanol–water partition coefficient (Wildman–Crippen LogP) is -14.1. The van der Waals surface area contributed by atoms with Crippen LogP contribution in [-0.4, -0.2) is 264 Å². The van der Waals surface area contributed by atoms with Gasteiger partial charge in [-0.1, -0.05) is 13.8 Å². The summed E-state index contributed by atoms with van der Waals surface area (Å²) in [5.41, 5.74) is 0. The van der Waals surface area contributed by atoms with Crippen LogP contribution in [0.2, 0.25) is 0 Å². The molecule has 0 aromatic rings. The van der Waals surface area contributed by atoms with E-state index in [1.807, 2.05) is 13.8 Å². The molecular weight excluding hydrogens is 696 g/mol. The Morgan fingerprint density at radius 3 is 0.400 bits per heavy atom. The van der Waals surface area contributed by atoms with Crippen LogP contribution < -0.4 is 0 Å². The van der Waals surface area contributed by atoms with Crippen molar-refractivity contribution < 1.29 is 122 Å². The molecule has 0 radical (unpaired) electrons. The van der Waals surface area contributed by atoms with Crippen LogP contribution >= 0.6 is 0 Å². The van der Waals surface area contributed by atoms with Gasteiger partial charge < -0.3 is 117 Å². The van der Waals surface area contributed by atoms with Crippen molar-refractivity contribution in [1.82, 2.24) is 0 Å². The predicted molar refractivity (Wildman–Crippen MR) is 155 cm³/mol. The molecule has 24 nitrogen and oxygen atoms in total. The summed E-state index contributed by atoms with van der Waals surface area (Å²) in [7, 11) is 0. The number of aliphatic hydroxyl groups excluding tert-OH is 23. The van der Waals surface area contributed by atoms with Crippen molar-refractivity contribution in [3.8, 4) is 0 Å². The first-order valence-electron chi connectivity index (χ1n) is 15.1. The third-order valence-corrected chi connectivity index (χ3v) is 8.23. The fourth-order valence-corrected chi connectivity index (χ4v) is 4.72. The van der Waals surface area contributed by atoms with E-state index in [9.17, 15) is 4.79 Å². The molecule has 4 aliphatic rings. The van der Waals surface area contributed by atoms with Crippen LogP contribution in [-0.2, 0) is 4.79 Å². The Hall–Kier alpha value is -1.25. The highest BCUT2D eigenvalue weighted by Gasteiger charge is 2.50. The molecular formula is C26H52O24. The first kappa shape index (κ1) is 48.8. The molecule has 0 aliphatic heterocycles. The zero-order valence-corrected chi connectivity index (χ0v) is 26.5. The maximum Gasteiger partial charge on any atom is 0.195 e. The molecule has 4 saturated carbocycles.